The molecule has 14 heteroatoms. The van der Waals surface area contributed by atoms with Gasteiger partial charge in [0, 0.05) is 49.9 Å². The molecule has 226 valence electrons. The lowest BCUT2D eigenvalue weighted by molar-refractivity contribution is -0.159. The Balaban J connectivity index is 1.22. The number of amides is 2. The van der Waals surface area contributed by atoms with Crippen LogP contribution >= 0.6 is 0 Å². The second kappa shape index (κ2) is 13.8. The van der Waals surface area contributed by atoms with Crippen molar-refractivity contribution in [2.75, 3.05) is 5.32 Å². The van der Waals surface area contributed by atoms with Crippen molar-refractivity contribution in [1.82, 2.24) is 29.9 Å². The minimum Gasteiger partial charge on any atom is -0.433 e. The summed E-state index contributed by atoms with van der Waals surface area (Å²) in [6, 6.07) is 12.3. The smallest absolute Gasteiger partial charge is 0.394 e. The van der Waals surface area contributed by atoms with Gasteiger partial charge >= 0.3 is 6.11 Å². The van der Waals surface area contributed by atoms with Crippen molar-refractivity contribution in [3.63, 3.8) is 0 Å². The van der Waals surface area contributed by atoms with E-state index in [1.54, 1.807) is 18.3 Å². The van der Waals surface area contributed by atoms with E-state index in [4.69, 9.17) is 0 Å². The van der Waals surface area contributed by atoms with E-state index in [0.29, 0.717) is 18.2 Å². The number of pyridine rings is 2. The lowest BCUT2D eigenvalue weighted by Crippen LogP contribution is -2.24. The number of nitrogens with one attached hydrogen (secondary N) is 2. The molecule has 4 aromatic rings. The van der Waals surface area contributed by atoms with Gasteiger partial charge in [0.15, 0.2) is 5.69 Å². The molecule has 3 heterocycles. The van der Waals surface area contributed by atoms with Gasteiger partial charge in [-0.15, -0.1) is 5.10 Å². The first-order valence-corrected chi connectivity index (χ1v) is 13.3. The third kappa shape index (κ3) is 9.80. The molecule has 0 aliphatic carbocycles. The van der Waals surface area contributed by atoms with Crippen molar-refractivity contribution >= 4 is 17.5 Å². The maximum Gasteiger partial charge on any atom is 0.394 e. The molecule has 11 nitrogen and oxygen atoms in total. The van der Waals surface area contributed by atoms with Gasteiger partial charge in [-0.05, 0) is 48.7 Å². The molecular formula is C29H30F3N7O4. The Morgan fingerprint density at radius 3 is 2.65 bits per heavy atom. The summed E-state index contributed by atoms with van der Waals surface area (Å²) in [5.74, 6) is -0.922. The van der Waals surface area contributed by atoms with Crippen LogP contribution in [0.5, 0.6) is 5.75 Å². The third-order valence-electron chi connectivity index (χ3n) is 6.11. The Hall–Kier alpha value is -5.01. The van der Waals surface area contributed by atoms with Gasteiger partial charge in [-0.2, -0.15) is 8.78 Å². The fraction of sp³-hybridized carbons (Fsp3) is 0.310. The molecule has 3 aromatic heterocycles. The number of nitrogens with zero attached hydrogens (tertiary/aromatic N) is 5. The van der Waals surface area contributed by atoms with Crippen LogP contribution in [0.15, 0.2) is 71.9 Å². The SMILES string of the molecule is Cc1ccc(CC(=O)Nc2ccn(CCC(F)Cn3cc(C(=O)NCc4cccc(OC(C)(F)F)c4)nn3)c(=O)c2)cn1. The minimum atomic E-state index is -3.34. The van der Waals surface area contributed by atoms with Crippen LogP contribution in [0.4, 0.5) is 18.9 Å². The van der Waals surface area contributed by atoms with Crippen LogP contribution in [0.2, 0.25) is 0 Å². The summed E-state index contributed by atoms with van der Waals surface area (Å²) in [4.78, 5) is 41.4. The third-order valence-corrected chi connectivity index (χ3v) is 6.11. The maximum absolute atomic E-state index is 14.7. The number of alkyl halides is 3. The molecule has 4 rings (SSSR count). The normalized spacial score (nSPS) is 12.0. The summed E-state index contributed by atoms with van der Waals surface area (Å²) in [5, 5.41) is 12.8. The summed E-state index contributed by atoms with van der Waals surface area (Å²) >= 11 is 0. The van der Waals surface area contributed by atoms with Gasteiger partial charge in [0.2, 0.25) is 5.91 Å². The predicted molar refractivity (Wildman–Crippen MR) is 150 cm³/mol. The first kappa shape index (κ1) is 30.9. The Labute approximate surface area is 244 Å². The van der Waals surface area contributed by atoms with Crippen LogP contribution in [0.3, 0.4) is 0 Å². The average Bonchev–Trinajstić information content (AvgIpc) is 3.40. The van der Waals surface area contributed by atoms with Crippen molar-refractivity contribution in [2.45, 2.75) is 58.6 Å². The lowest BCUT2D eigenvalue weighted by atomic mass is 10.2. The zero-order valence-corrected chi connectivity index (χ0v) is 23.5. The van der Waals surface area contributed by atoms with Crippen molar-refractivity contribution in [3.8, 4) is 5.75 Å². The molecule has 0 spiro atoms. The molecule has 0 aliphatic rings. The summed E-state index contributed by atoms with van der Waals surface area (Å²) in [6.45, 7) is 2.38. The Morgan fingerprint density at radius 1 is 1.12 bits per heavy atom. The number of hydrogen-bond acceptors (Lipinski definition) is 7. The molecule has 0 radical (unpaired) electrons. The number of anilines is 1. The molecule has 1 atom stereocenters. The molecule has 1 unspecified atom stereocenters. The molecule has 2 amide bonds. The van der Waals surface area contributed by atoms with E-state index in [0.717, 1.165) is 11.3 Å². The molecule has 1 aromatic carbocycles. The Kier molecular flexibility index (Phi) is 9.91. The zero-order chi connectivity index (χ0) is 31.0. The van der Waals surface area contributed by atoms with Gasteiger partial charge in [-0.25, -0.2) is 9.07 Å². The molecule has 0 fully saturated rings. The quantitative estimate of drug-likeness (QED) is 0.240. The number of carbonyl (C=O) groups excluding carboxylic acids is 2. The van der Waals surface area contributed by atoms with Gasteiger partial charge < -0.3 is 19.9 Å². The van der Waals surface area contributed by atoms with Gasteiger partial charge in [-0.3, -0.25) is 19.4 Å². The second-order valence-electron chi connectivity index (χ2n) is 9.93. The van der Waals surface area contributed by atoms with Gasteiger partial charge in [0.25, 0.3) is 11.5 Å². The zero-order valence-electron chi connectivity index (χ0n) is 23.5. The molecule has 2 N–H and O–H groups in total. The Bertz CT molecular complexity index is 1620. The monoisotopic (exact) mass is 597 g/mol. The number of aromatic nitrogens is 5. The lowest BCUT2D eigenvalue weighted by Gasteiger charge is -2.13. The predicted octanol–water partition coefficient (Wildman–Crippen LogP) is 3.67. The first-order chi connectivity index (χ1) is 20.4. The minimum absolute atomic E-state index is 0.0113. The number of carbonyl (C=O) groups is 2. The average molecular weight is 598 g/mol. The second-order valence-corrected chi connectivity index (χ2v) is 9.93. The highest BCUT2D eigenvalue weighted by molar-refractivity contribution is 5.92. The van der Waals surface area contributed by atoms with Crippen LogP contribution in [0.25, 0.3) is 0 Å². The van der Waals surface area contributed by atoms with E-state index in [-0.39, 0.29) is 49.8 Å². The number of rotatable bonds is 13. The van der Waals surface area contributed by atoms with Gasteiger partial charge in [0.05, 0.1) is 19.2 Å². The number of aryl methyl sites for hydroxylation is 2. The number of hydrogen-bond donors (Lipinski definition) is 2. The number of ether oxygens (including phenoxy) is 1. The summed E-state index contributed by atoms with van der Waals surface area (Å²) < 4.78 is 47.9. The van der Waals surface area contributed by atoms with E-state index in [1.807, 2.05) is 19.1 Å². The number of halogens is 3. The van der Waals surface area contributed by atoms with E-state index in [2.05, 4.69) is 30.7 Å². The highest BCUT2D eigenvalue weighted by Crippen LogP contribution is 2.21. The molecular weight excluding hydrogens is 567 g/mol. The summed E-state index contributed by atoms with van der Waals surface area (Å²) in [7, 11) is 0. The maximum atomic E-state index is 14.7. The van der Waals surface area contributed by atoms with Crippen LogP contribution in [0.1, 0.15) is 40.7 Å². The Morgan fingerprint density at radius 2 is 1.93 bits per heavy atom. The summed E-state index contributed by atoms with van der Waals surface area (Å²) in [5.41, 5.74) is 1.99. The molecule has 43 heavy (non-hydrogen) atoms. The van der Waals surface area contributed by atoms with E-state index in [1.165, 1.54) is 45.9 Å². The fourth-order valence-corrected chi connectivity index (χ4v) is 4.03. The van der Waals surface area contributed by atoms with Crippen LogP contribution in [-0.2, 0) is 30.8 Å². The van der Waals surface area contributed by atoms with Crippen molar-refractivity contribution < 1.29 is 27.5 Å². The van der Waals surface area contributed by atoms with Crippen LogP contribution in [-0.4, -0.2) is 48.6 Å². The van der Waals surface area contributed by atoms with Crippen LogP contribution < -0.4 is 20.9 Å². The largest absolute Gasteiger partial charge is 0.433 e. The number of benzene rings is 1. The van der Waals surface area contributed by atoms with Crippen molar-refractivity contribution in [3.05, 3.63) is 100.0 Å². The standard InChI is InChI=1S/C29H30F3N7O4/c1-19-6-7-21(15-33-19)13-26(40)35-23-9-11-38(27(41)14-23)10-8-22(30)17-39-18-25(36-37-39)28(42)34-16-20-4-3-5-24(12-20)43-29(2,31)32/h3-7,9,11-12,14-15,18,22H,8,10,13,16-17H2,1-2H3,(H,34,42)(H,35,40). The fourth-order valence-electron chi connectivity index (χ4n) is 4.03. The molecule has 0 bridgehead atoms. The highest BCUT2D eigenvalue weighted by atomic mass is 19.3. The van der Waals surface area contributed by atoms with Gasteiger partial charge in [-0.1, -0.05) is 23.4 Å². The molecule has 0 saturated carbocycles. The molecule has 0 saturated heterocycles. The van der Waals surface area contributed by atoms with Crippen LogP contribution in [0, 0.1) is 6.92 Å². The van der Waals surface area contributed by atoms with Crippen molar-refractivity contribution in [1.29, 1.82) is 0 Å². The molecule has 0 aliphatic heterocycles. The van der Waals surface area contributed by atoms with Gasteiger partial charge in [0.1, 0.15) is 11.9 Å². The highest BCUT2D eigenvalue weighted by Gasteiger charge is 2.23. The van der Waals surface area contributed by atoms with Crippen molar-refractivity contribution in [2.24, 2.45) is 0 Å². The van der Waals surface area contributed by atoms with E-state index >= 15 is 0 Å². The van der Waals surface area contributed by atoms with E-state index in [9.17, 15) is 27.6 Å². The summed E-state index contributed by atoms with van der Waals surface area (Å²) in [6.07, 6.45) is -0.253. The van der Waals surface area contributed by atoms with E-state index < -0.39 is 23.7 Å². The first-order valence-electron chi connectivity index (χ1n) is 13.3. The topological polar surface area (TPSA) is 133 Å².